The van der Waals surface area contributed by atoms with E-state index < -0.39 is 6.36 Å². The van der Waals surface area contributed by atoms with Crippen LogP contribution in [0.15, 0.2) is 53.9 Å². The van der Waals surface area contributed by atoms with Crippen LogP contribution in [0.1, 0.15) is 18.9 Å². The van der Waals surface area contributed by atoms with Gasteiger partial charge < -0.3 is 9.30 Å². The summed E-state index contributed by atoms with van der Waals surface area (Å²) in [6.45, 7) is 2.84. The fraction of sp³-hybridized carbons (Fsp3) is 0.278. The van der Waals surface area contributed by atoms with Crippen molar-refractivity contribution in [3.63, 3.8) is 0 Å². The molecule has 0 aliphatic carbocycles. The van der Waals surface area contributed by atoms with Gasteiger partial charge in [-0.25, -0.2) is 0 Å². The van der Waals surface area contributed by atoms with Gasteiger partial charge in [0.05, 0.1) is 0 Å². The molecule has 0 N–H and O–H groups in total. The second-order valence-electron chi connectivity index (χ2n) is 5.67. The minimum Gasteiger partial charge on any atom is -0.406 e. The number of pyridine rings is 1. The molecule has 0 fully saturated rings. The molecule has 0 aliphatic rings. The van der Waals surface area contributed by atoms with Crippen LogP contribution in [-0.2, 0) is 12.3 Å². The van der Waals surface area contributed by atoms with Crippen LogP contribution in [0.25, 0.3) is 11.4 Å². The lowest BCUT2D eigenvalue weighted by atomic mass is 10.2. The summed E-state index contributed by atoms with van der Waals surface area (Å²) in [6.07, 6.45) is -0.348. The maximum Gasteiger partial charge on any atom is 0.573 e. The van der Waals surface area contributed by atoms with Crippen LogP contribution in [0, 0.1) is 0 Å². The fourth-order valence-electron chi connectivity index (χ4n) is 2.47. The number of rotatable bonds is 7. The molecule has 0 atom stereocenters. The monoisotopic (exact) mass is 394 g/mol. The molecule has 9 heteroatoms. The van der Waals surface area contributed by atoms with E-state index in [9.17, 15) is 13.2 Å². The highest BCUT2D eigenvalue weighted by Gasteiger charge is 2.30. The highest BCUT2D eigenvalue weighted by Crippen LogP contribution is 2.28. The van der Waals surface area contributed by atoms with Gasteiger partial charge in [-0.2, -0.15) is 0 Å². The number of thioether (sulfide) groups is 1. The number of nitrogens with zero attached hydrogens (tertiary/aromatic N) is 4. The smallest absolute Gasteiger partial charge is 0.406 e. The summed E-state index contributed by atoms with van der Waals surface area (Å²) >= 11 is 1.49. The Labute approximate surface area is 158 Å². The third-order valence-electron chi connectivity index (χ3n) is 3.63. The second kappa shape index (κ2) is 8.43. The summed E-state index contributed by atoms with van der Waals surface area (Å²) in [6, 6.07) is 9.59. The number of alkyl halides is 3. The van der Waals surface area contributed by atoms with Crippen LogP contribution >= 0.6 is 11.8 Å². The van der Waals surface area contributed by atoms with E-state index in [0.29, 0.717) is 5.75 Å². The van der Waals surface area contributed by atoms with Crippen molar-refractivity contribution in [1.82, 2.24) is 19.7 Å². The number of hydrogen-bond donors (Lipinski definition) is 0. The zero-order chi connectivity index (χ0) is 19.3. The zero-order valence-electron chi connectivity index (χ0n) is 14.5. The second-order valence-corrected chi connectivity index (χ2v) is 6.62. The van der Waals surface area contributed by atoms with Gasteiger partial charge in [0.15, 0.2) is 11.0 Å². The summed E-state index contributed by atoms with van der Waals surface area (Å²) in [4.78, 5) is 4.02. The molecule has 0 amide bonds. The Morgan fingerprint density at radius 3 is 2.37 bits per heavy atom. The molecule has 2 aromatic heterocycles. The van der Waals surface area contributed by atoms with E-state index in [0.717, 1.165) is 35.1 Å². The van der Waals surface area contributed by atoms with Crippen LogP contribution in [-0.4, -0.2) is 26.1 Å². The Balaban J connectivity index is 1.72. The number of benzene rings is 1. The SMILES string of the molecule is CCCn1c(SCc2ccc(OC(F)(F)F)cc2)nnc1-c1ccncc1. The quantitative estimate of drug-likeness (QED) is 0.531. The Bertz CT molecular complexity index is 867. The van der Waals surface area contributed by atoms with Crippen molar-refractivity contribution in [2.75, 3.05) is 0 Å². The van der Waals surface area contributed by atoms with Crippen LogP contribution in [0.4, 0.5) is 13.2 Å². The largest absolute Gasteiger partial charge is 0.573 e. The minimum absolute atomic E-state index is 0.231. The van der Waals surface area contributed by atoms with Crippen LogP contribution < -0.4 is 4.74 Å². The van der Waals surface area contributed by atoms with Gasteiger partial charge in [-0.1, -0.05) is 30.8 Å². The molecule has 0 unspecified atom stereocenters. The first-order valence-electron chi connectivity index (χ1n) is 8.27. The van der Waals surface area contributed by atoms with E-state index in [1.54, 1.807) is 24.5 Å². The highest BCUT2D eigenvalue weighted by atomic mass is 32.2. The molecule has 2 heterocycles. The van der Waals surface area contributed by atoms with E-state index in [4.69, 9.17) is 0 Å². The first-order valence-corrected chi connectivity index (χ1v) is 9.26. The maximum absolute atomic E-state index is 12.2. The molecule has 5 nitrogen and oxygen atoms in total. The van der Waals surface area contributed by atoms with Crippen molar-refractivity contribution in [2.24, 2.45) is 0 Å². The zero-order valence-corrected chi connectivity index (χ0v) is 15.3. The first kappa shape index (κ1) is 19.2. The van der Waals surface area contributed by atoms with Crippen molar-refractivity contribution < 1.29 is 17.9 Å². The molecule has 0 bridgehead atoms. The third kappa shape index (κ3) is 5.22. The molecule has 0 spiro atoms. The van der Waals surface area contributed by atoms with Crippen molar-refractivity contribution in [1.29, 1.82) is 0 Å². The van der Waals surface area contributed by atoms with E-state index in [1.165, 1.54) is 23.9 Å². The van der Waals surface area contributed by atoms with Gasteiger partial charge in [0.1, 0.15) is 5.75 Å². The molecule has 142 valence electrons. The predicted molar refractivity (Wildman–Crippen MR) is 96.2 cm³/mol. The van der Waals surface area contributed by atoms with E-state index in [-0.39, 0.29) is 5.75 Å². The molecular formula is C18H17F3N4OS. The van der Waals surface area contributed by atoms with Gasteiger partial charge in [0.25, 0.3) is 0 Å². The molecule has 27 heavy (non-hydrogen) atoms. The van der Waals surface area contributed by atoms with Crippen LogP contribution in [0.3, 0.4) is 0 Å². The van der Waals surface area contributed by atoms with Gasteiger partial charge in [-0.15, -0.1) is 23.4 Å². The van der Waals surface area contributed by atoms with E-state index in [2.05, 4.69) is 26.8 Å². The molecular weight excluding hydrogens is 377 g/mol. The lowest BCUT2D eigenvalue weighted by molar-refractivity contribution is -0.274. The third-order valence-corrected chi connectivity index (χ3v) is 4.67. The lowest BCUT2D eigenvalue weighted by Gasteiger charge is -2.10. The number of aromatic nitrogens is 4. The summed E-state index contributed by atoms with van der Waals surface area (Å²) in [5, 5.41) is 9.33. The lowest BCUT2D eigenvalue weighted by Crippen LogP contribution is -2.16. The number of ether oxygens (including phenoxy) is 1. The van der Waals surface area contributed by atoms with Crippen LogP contribution in [0.2, 0.25) is 0 Å². The summed E-state index contributed by atoms with van der Waals surface area (Å²) in [7, 11) is 0. The number of hydrogen-bond acceptors (Lipinski definition) is 5. The average molecular weight is 394 g/mol. The van der Waals surface area contributed by atoms with Crippen molar-refractivity contribution >= 4 is 11.8 Å². The molecule has 3 aromatic rings. The standard InChI is InChI=1S/C18H17F3N4OS/c1-2-11-25-16(14-7-9-22-10-8-14)23-24-17(25)27-12-13-3-5-15(6-4-13)26-18(19,20)21/h3-10H,2,11-12H2,1H3. The van der Waals surface area contributed by atoms with Crippen LogP contribution in [0.5, 0.6) is 5.75 Å². The van der Waals surface area contributed by atoms with Gasteiger partial charge in [-0.05, 0) is 36.2 Å². The highest BCUT2D eigenvalue weighted by molar-refractivity contribution is 7.98. The Kier molecular flexibility index (Phi) is 6.00. The Hall–Kier alpha value is -2.55. The minimum atomic E-state index is -4.68. The van der Waals surface area contributed by atoms with Gasteiger partial charge >= 0.3 is 6.36 Å². The molecule has 0 saturated carbocycles. The van der Waals surface area contributed by atoms with Crippen molar-refractivity contribution in [3.05, 3.63) is 54.4 Å². The molecule has 1 aromatic carbocycles. The topological polar surface area (TPSA) is 52.8 Å². The first-order chi connectivity index (χ1) is 13.0. The summed E-state index contributed by atoms with van der Waals surface area (Å²) in [5.41, 5.74) is 1.80. The summed E-state index contributed by atoms with van der Waals surface area (Å²) in [5.74, 6) is 1.10. The van der Waals surface area contributed by atoms with Gasteiger partial charge in [0.2, 0.25) is 0 Å². The summed E-state index contributed by atoms with van der Waals surface area (Å²) < 4.78 is 42.6. The van der Waals surface area contributed by atoms with Gasteiger partial charge in [0, 0.05) is 30.3 Å². The average Bonchev–Trinajstić information content (AvgIpc) is 3.04. The molecule has 0 radical (unpaired) electrons. The molecule has 0 saturated heterocycles. The molecule has 0 aliphatic heterocycles. The predicted octanol–water partition coefficient (Wildman–Crippen LogP) is 4.94. The Morgan fingerprint density at radius 2 is 1.74 bits per heavy atom. The number of halogens is 3. The van der Waals surface area contributed by atoms with E-state index in [1.807, 2.05) is 16.7 Å². The van der Waals surface area contributed by atoms with Gasteiger partial charge in [-0.3, -0.25) is 4.98 Å². The maximum atomic E-state index is 12.2. The Morgan fingerprint density at radius 1 is 1.04 bits per heavy atom. The fourth-order valence-corrected chi connectivity index (χ4v) is 3.39. The van der Waals surface area contributed by atoms with Crippen molar-refractivity contribution in [2.45, 2.75) is 37.2 Å². The van der Waals surface area contributed by atoms with E-state index >= 15 is 0 Å². The van der Waals surface area contributed by atoms with Crippen molar-refractivity contribution in [3.8, 4) is 17.1 Å². The molecule has 3 rings (SSSR count). The normalized spacial score (nSPS) is 11.6.